The van der Waals surface area contributed by atoms with E-state index in [1.54, 1.807) is 0 Å². The van der Waals surface area contributed by atoms with Gasteiger partial charge in [0.2, 0.25) is 0 Å². The van der Waals surface area contributed by atoms with E-state index in [4.69, 9.17) is 4.74 Å². The Morgan fingerprint density at radius 2 is 2.07 bits per heavy atom. The van der Waals surface area contributed by atoms with Gasteiger partial charge in [0, 0.05) is 6.07 Å². The number of carbonyl (C=O) groups excluding carboxylic acids is 1. The van der Waals surface area contributed by atoms with Crippen molar-refractivity contribution in [3.05, 3.63) is 59.9 Å². The standard InChI is InChI=1S/C19H17F3N4O2/c20-11-5-6-14(12(21)7-11)25-19(27)26-8-13(22)17(9-26)28-10-18-23-15-3-1-2-4-16(15)24-18/h1-7,13,17H,8-10H2,(H,23,24)(H,25,27)/t13-,17-/m0/s1. The van der Waals surface area contributed by atoms with Crippen molar-refractivity contribution in [3.8, 4) is 0 Å². The average molecular weight is 390 g/mol. The van der Waals surface area contributed by atoms with Crippen LogP contribution in [-0.2, 0) is 11.3 Å². The zero-order valence-corrected chi connectivity index (χ0v) is 14.7. The van der Waals surface area contributed by atoms with Crippen LogP contribution in [0, 0.1) is 11.6 Å². The molecule has 1 aliphatic rings. The Bertz CT molecular complexity index is 977. The minimum atomic E-state index is -1.38. The highest BCUT2D eigenvalue weighted by Crippen LogP contribution is 2.21. The molecule has 28 heavy (non-hydrogen) atoms. The largest absolute Gasteiger partial charge is 0.365 e. The van der Waals surface area contributed by atoms with Gasteiger partial charge in [-0.1, -0.05) is 12.1 Å². The fourth-order valence-corrected chi connectivity index (χ4v) is 3.10. The van der Waals surface area contributed by atoms with Crippen LogP contribution < -0.4 is 5.32 Å². The fraction of sp³-hybridized carbons (Fsp3) is 0.263. The van der Waals surface area contributed by atoms with Gasteiger partial charge in [0.15, 0.2) is 0 Å². The second kappa shape index (κ2) is 7.51. The third-order valence-electron chi connectivity index (χ3n) is 4.53. The Kier molecular flexibility index (Phi) is 4.91. The predicted molar refractivity (Wildman–Crippen MR) is 96.5 cm³/mol. The molecular formula is C19H17F3N4O2. The van der Waals surface area contributed by atoms with E-state index in [2.05, 4.69) is 15.3 Å². The summed E-state index contributed by atoms with van der Waals surface area (Å²) in [6, 6.07) is 9.59. The van der Waals surface area contributed by atoms with Gasteiger partial charge in [-0.3, -0.25) is 0 Å². The first-order chi connectivity index (χ1) is 13.5. The lowest BCUT2D eigenvalue weighted by molar-refractivity contribution is 0.00961. The molecule has 9 heteroatoms. The molecule has 2 atom stereocenters. The molecule has 146 valence electrons. The third kappa shape index (κ3) is 3.79. The Morgan fingerprint density at radius 3 is 2.86 bits per heavy atom. The summed E-state index contributed by atoms with van der Waals surface area (Å²) in [4.78, 5) is 20.9. The summed E-state index contributed by atoms with van der Waals surface area (Å²) in [6.07, 6.45) is -2.20. The predicted octanol–water partition coefficient (Wildman–Crippen LogP) is 3.61. The lowest BCUT2D eigenvalue weighted by Crippen LogP contribution is -2.34. The zero-order chi connectivity index (χ0) is 19.7. The molecule has 2 amide bonds. The number of fused-ring (bicyclic) bond motifs is 1. The maximum absolute atomic E-state index is 14.3. The molecule has 2 N–H and O–H groups in total. The van der Waals surface area contributed by atoms with Crippen molar-refractivity contribution in [1.29, 1.82) is 0 Å². The highest BCUT2D eigenvalue weighted by molar-refractivity contribution is 5.89. The normalized spacial score (nSPS) is 19.3. The van der Waals surface area contributed by atoms with E-state index in [0.29, 0.717) is 11.9 Å². The molecule has 4 rings (SSSR count). The van der Waals surface area contributed by atoms with Gasteiger partial charge in [0.1, 0.15) is 36.3 Å². The molecule has 1 fully saturated rings. The van der Waals surface area contributed by atoms with Crippen molar-refractivity contribution >= 4 is 22.8 Å². The average Bonchev–Trinajstić information content (AvgIpc) is 3.25. The summed E-state index contributed by atoms with van der Waals surface area (Å²) in [6.45, 7) is -0.0999. The van der Waals surface area contributed by atoms with Gasteiger partial charge in [0.05, 0.1) is 29.8 Å². The van der Waals surface area contributed by atoms with Gasteiger partial charge in [-0.2, -0.15) is 0 Å². The Balaban J connectivity index is 1.35. The quantitative estimate of drug-likeness (QED) is 0.715. The molecule has 2 heterocycles. The van der Waals surface area contributed by atoms with Crippen LogP contribution in [0.15, 0.2) is 42.5 Å². The summed E-state index contributed by atoms with van der Waals surface area (Å²) < 4.78 is 46.5. The third-order valence-corrected chi connectivity index (χ3v) is 4.53. The summed E-state index contributed by atoms with van der Waals surface area (Å²) in [7, 11) is 0. The highest BCUT2D eigenvalue weighted by atomic mass is 19.1. The SMILES string of the molecule is O=C(Nc1ccc(F)cc1F)N1C[C@H](OCc2nc3ccccc3[nH]2)[C@@H](F)C1. The van der Waals surface area contributed by atoms with Crippen molar-refractivity contribution in [1.82, 2.24) is 14.9 Å². The van der Waals surface area contributed by atoms with Gasteiger partial charge >= 0.3 is 6.03 Å². The first kappa shape index (κ1) is 18.3. The number of ether oxygens (including phenoxy) is 1. The number of alkyl halides is 1. The number of urea groups is 1. The van der Waals surface area contributed by atoms with E-state index in [9.17, 15) is 18.0 Å². The number of hydrogen-bond donors (Lipinski definition) is 2. The molecule has 1 saturated heterocycles. The minimum absolute atomic E-state index is 0.00996. The molecule has 6 nitrogen and oxygen atoms in total. The Hall–Kier alpha value is -3.07. The van der Waals surface area contributed by atoms with Crippen LogP contribution in [0.25, 0.3) is 11.0 Å². The van der Waals surface area contributed by atoms with Crippen LogP contribution in [0.1, 0.15) is 5.82 Å². The van der Waals surface area contributed by atoms with Crippen LogP contribution in [-0.4, -0.2) is 46.3 Å². The van der Waals surface area contributed by atoms with Gasteiger partial charge < -0.3 is 19.9 Å². The molecule has 3 aromatic rings. The molecule has 0 radical (unpaired) electrons. The molecule has 0 unspecified atom stereocenters. The summed E-state index contributed by atoms with van der Waals surface area (Å²) in [5.41, 5.74) is 1.46. The van der Waals surface area contributed by atoms with Crippen molar-refractivity contribution in [2.45, 2.75) is 18.9 Å². The molecule has 1 aromatic heterocycles. The number of nitrogens with zero attached hydrogens (tertiary/aromatic N) is 2. The number of H-pyrrole nitrogens is 1. The molecular weight excluding hydrogens is 373 g/mol. The van der Waals surface area contributed by atoms with Gasteiger partial charge in [-0.05, 0) is 24.3 Å². The zero-order valence-electron chi connectivity index (χ0n) is 14.7. The second-order valence-electron chi connectivity index (χ2n) is 6.53. The first-order valence-corrected chi connectivity index (χ1v) is 8.70. The minimum Gasteiger partial charge on any atom is -0.365 e. The number of hydrogen-bond acceptors (Lipinski definition) is 3. The van der Waals surface area contributed by atoms with E-state index < -0.39 is 29.9 Å². The van der Waals surface area contributed by atoms with E-state index in [0.717, 1.165) is 23.2 Å². The number of anilines is 1. The second-order valence-corrected chi connectivity index (χ2v) is 6.53. The number of carbonyl (C=O) groups is 1. The number of aromatic nitrogens is 2. The van der Waals surface area contributed by atoms with Gasteiger partial charge in [0.25, 0.3) is 0 Å². The molecule has 2 aromatic carbocycles. The number of amides is 2. The number of aromatic amines is 1. The number of likely N-dealkylation sites (tertiary alicyclic amines) is 1. The van der Waals surface area contributed by atoms with E-state index in [1.165, 1.54) is 4.90 Å². The number of imidazole rings is 1. The maximum atomic E-state index is 14.3. The van der Waals surface area contributed by atoms with Gasteiger partial charge in [-0.15, -0.1) is 0 Å². The maximum Gasteiger partial charge on any atom is 0.322 e. The van der Waals surface area contributed by atoms with Crippen LogP contribution in [0.2, 0.25) is 0 Å². The lowest BCUT2D eigenvalue weighted by atomic mass is 10.3. The first-order valence-electron chi connectivity index (χ1n) is 8.70. The monoisotopic (exact) mass is 390 g/mol. The van der Waals surface area contributed by atoms with E-state index in [1.807, 2.05) is 24.3 Å². The summed E-state index contributed by atoms with van der Waals surface area (Å²) in [5, 5.41) is 2.32. The molecule has 0 spiro atoms. The Morgan fingerprint density at radius 1 is 1.25 bits per heavy atom. The van der Waals surface area contributed by atoms with Crippen molar-refractivity contribution in [2.75, 3.05) is 18.4 Å². The van der Waals surface area contributed by atoms with Crippen molar-refractivity contribution in [3.63, 3.8) is 0 Å². The number of rotatable bonds is 4. The molecule has 1 aliphatic heterocycles. The molecule has 0 saturated carbocycles. The van der Waals surface area contributed by atoms with Crippen molar-refractivity contribution in [2.24, 2.45) is 0 Å². The molecule has 0 bridgehead atoms. The van der Waals surface area contributed by atoms with Crippen LogP contribution in [0.4, 0.5) is 23.7 Å². The topological polar surface area (TPSA) is 70.2 Å². The summed E-state index contributed by atoms with van der Waals surface area (Å²) in [5.74, 6) is -1.09. The van der Waals surface area contributed by atoms with Gasteiger partial charge in [-0.25, -0.2) is 22.9 Å². The fourth-order valence-electron chi connectivity index (χ4n) is 3.10. The number of halogens is 3. The highest BCUT2D eigenvalue weighted by Gasteiger charge is 2.36. The van der Waals surface area contributed by atoms with Crippen molar-refractivity contribution < 1.29 is 22.7 Å². The lowest BCUT2D eigenvalue weighted by Gasteiger charge is -2.17. The van der Waals surface area contributed by atoms with E-state index in [-0.39, 0.29) is 25.4 Å². The van der Waals surface area contributed by atoms with E-state index >= 15 is 0 Å². The van der Waals surface area contributed by atoms with Crippen LogP contribution in [0.3, 0.4) is 0 Å². The number of nitrogens with one attached hydrogen (secondary N) is 2. The van der Waals surface area contributed by atoms with Crippen LogP contribution >= 0.6 is 0 Å². The van der Waals surface area contributed by atoms with Crippen LogP contribution in [0.5, 0.6) is 0 Å². The molecule has 0 aliphatic carbocycles. The number of benzene rings is 2. The summed E-state index contributed by atoms with van der Waals surface area (Å²) >= 11 is 0. The Labute approximate surface area is 158 Å². The number of para-hydroxylation sites is 2. The smallest absolute Gasteiger partial charge is 0.322 e.